The van der Waals surface area contributed by atoms with Gasteiger partial charge in [-0.3, -0.25) is 0 Å². The normalized spacial score (nSPS) is 12.5. The number of nitrogens with zero attached hydrogens (tertiary/aromatic N) is 1. The fourth-order valence-electron chi connectivity index (χ4n) is 1.87. The Morgan fingerprint density at radius 1 is 0.960 bits per heavy atom. The third kappa shape index (κ3) is 6.08. The van der Waals surface area contributed by atoms with Gasteiger partial charge in [0.05, 0.1) is 11.3 Å². The van der Waals surface area contributed by atoms with Gasteiger partial charge in [0.15, 0.2) is 0 Å². The third-order valence-electron chi connectivity index (χ3n) is 3.11. The van der Waals surface area contributed by atoms with Crippen molar-refractivity contribution in [2.45, 2.75) is 25.8 Å². The van der Waals surface area contributed by atoms with Crippen molar-refractivity contribution in [1.29, 1.82) is 0 Å². The maximum absolute atomic E-state index is 12.7. The Kier molecular flexibility index (Phi) is 5.76. The average molecular weight is 380 g/mol. The quantitative estimate of drug-likeness (QED) is 0.327. The summed E-state index contributed by atoms with van der Waals surface area (Å²) in [6, 6.07) is 11.8. The highest BCUT2D eigenvalue weighted by atomic mass is 35.5. The van der Waals surface area contributed by atoms with Crippen LogP contribution in [0.25, 0.3) is 0 Å². The van der Waals surface area contributed by atoms with Gasteiger partial charge in [-0.25, -0.2) is 4.99 Å². The van der Waals surface area contributed by atoms with Gasteiger partial charge >= 0.3 is 6.18 Å². The highest BCUT2D eigenvalue weighted by molar-refractivity contribution is 6.84. The van der Waals surface area contributed by atoms with Gasteiger partial charge in [-0.2, -0.15) is 13.2 Å². The van der Waals surface area contributed by atoms with E-state index in [-0.39, 0.29) is 0 Å². The van der Waals surface area contributed by atoms with E-state index in [1.165, 1.54) is 12.1 Å². The molecule has 1 nitrogen and oxygen atoms in total. The first-order valence-electron chi connectivity index (χ1n) is 7.60. The topological polar surface area (TPSA) is 12.4 Å². The fraction of sp³-hybridized carbons (Fsp3) is 0.211. The van der Waals surface area contributed by atoms with Crippen LogP contribution in [0.15, 0.2) is 53.5 Å². The van der Waals surface area contributed by atoms with E-state index in [4.69, 9.17) is 11.6 Å². The van der Waals surface area contributed by atoms with Gasteiger partial charge in [0, 0.05) is 10.6 Å². The minimum atomic E-state index is -4.37. The second-order valence-electron chi connectivity index (χ2n) is 6.51. The number of benzene rings is 2. The summed E-state index contributed by atoms with van der Waals surface area (Å²) in [5.74, 6) is 3.04. The molecule has 0 unspecified atom stereocenters. The molecule has 0 saturated carbocycles. The zero-order chi connectivity index (χ0) is 18.7. The molecule has 0 bridgehead atoms. The molecule has 0 fully saturated rings. The number of halogens is 4. The Morgan fingerprint density at radius 3 is 2.00 bits per heavy atom. The Morgan fingerprint density at radius 2 is 1.52 bits per heavy atom. The van der Waals surface area contributed by atoms with Gasteiger partial charge < -0.3 is 0 Å². The second-order valence-corrected chi connectivity index (χ2v) is 11.7. The molecule has 6 heteroatoms. The molecule has 0 saturated heterocycles. The van der Waals surface area contributed by atoms with Crippen molar-refractivity contribution in [3.8, 4) is 11.5 Å². The van der Waals surface area contributed by atoms with E-state index >= 15 is 0 Å². The first kappa shape index (κ1) is 19.3. The molecule has 0 aliphatic rings. The number of aliphatic imine (C=N–C) groups is 1. The molecule has 2 aromatic rings. The van der Waals surface area contributed by atoms with E-state index in [0.29, 0.717) is 22.0 Å². The Bertz CT molecular complexity index is 821. The SMILES string of the molecule is C[Si](C)(C)C#CC(=Nc1ccc(Cl)cc1)c1ccc(C(F)(F)F)cc1. The summed E-state index contributed by atoms with van der Waals surface area (Å²) in [7, 11) is -1.66. The highest BCUT2D eigenvalue weighted by Crippen LogP contribution is 2.29. The molecule has 0 atom stereocenters. The van der Waals surface area contributed by atoms with Gasteiger partial charge in [-0.15, -0.1) is 5.54 Å². The van der Waals surface area contributed by atoms with E-state index in [0.717, 1.165) is 12.1 Å². The first-order valence-corrected chi connectivity index (χ1v) is 11.5. The molecule has 0 aliphatic carbocycles. The van der Waals surface area contributed by atoms with Gasteiger partial charge in [0.2, 0.25) is 0 Å². The van der Waals surface area contributed by atoms with Crippen LogP contribution in [0.2, 0.25) is 24.7 Å². The molecule has 0 amide bonds. The van der Waals surface area contributed by atoms with E-state index in [9.17, 15) is 13.2 Å². The van der Waals surface area contributed by atoms with Gasteiger partial charge in [0.25, 0.3) is 0 Å². The Balaban J connectivity index is 2.47. The maximum atomic E-state index is 12.7. The first-order chi connectivity index (χ1) is 11.5. The van der Waals surface area contributed by atoms with Crippen LogP contribution in [0.1, 0.15) is 11.1 Å². The van der Waals surface area contributed by atoms with Crippen LogP contribution in [0.4, 0.5) is 18.9 Å². The lowest BCUT2D eigenvalue weighted by atomic mass is 10.1. The minimum absolute atomic E-state index is 0.443. The molecule has 130 valence electrons. The summed E-state index contributed by atoms with van der Waals surface area (Å²) in [5, 5.41) is 0.586. The monoisotopic (exact) mass is 379 g/mol. The molecular formula is C19H17ClF3NSi. The number of alkyl halides is 3. The lowest BCUT2D eigenvalue weighted by Crippen LogP contribution is -2.17. The molecule has 0 spiro atoms. The van der Waals surface area contributed by atoms with E-state index in [1.807, 2.05) is 0 Å². The predicted octanol–water partition coefficient (Wildman–Crippen LogP) is 6.36. The van der Waals surface area contributed by atoms with Crippen molar-refractivity contribution in [2.24, 2.45) is 4.99 Å². The van der Waals surface area contributed by atoms with Crippen LogP contribution in [0.3, 0.4) is 0 Å². The fourth-order valence-corrected chi connectivity index (χ4v) is 2.49. The standard InChI is InChI=1S/C19H17ClF3NSi/c1-25(2,3)13-12-18(24-17-10-8-16(20)9-11-17)14-4-6-15(7-5-14)19(21,22)23/h4-11H,1-3H3. The zero-order valence-corrected chi connectivity index (χ0v) is 15.8. The van der Waals surface area contributed by atoms with E-state index in [1.54, 1.807) is 24.3 Å². The number of rotatable bonds is 2. The summed E-state index contributed by atoms with van der Waals surface area (Å²) in [4.78, 5) is 4.49. The van der Waals surface area contributed by atoms with Crippen molar-refractivity contribution in [2.75, 3.05) is 0 Å². The lowest BCUT2D eigenvalue weighted by molar-refractivity contribution is -0.137. The second kappa shape index (κ2) is 7.47. The molecule has 0 aliphatic heterocycles. The average Bonchev–Trinajstić information content (AvgIpc) is 2.52. The summed E-state index contributed by atoms with van der Waals surface area (Å²) >= 11 is 5.87. The summed E-state index contributed by atoms with van der Waals surface area (Å²) in [6.45, 7) is 6.27. The molecule has 0 radical (unpaired) electrons. The molecule has 2 aromatic carbocycles. The van der Waals surface area contributed by atoms with Crippen molar-refractivity contribution in [1.82, 2.24) is 0 Å². The van der Waals surface area contributed by atoms with Crippen molar-refractivity contribution < 1.29 is 13.2 Å². The minimum Gasteiger partial charge on any atom is -0.239 e. The summed E-state index contributed by atoms with van der Waals surface area (Å²) < 4.78 is 38.2. The number of hydrogen-bond donors (Lipinski definition) is 0. The molecule has 25 heavy (non-hydrogen) atoms. The van der Waals surface area contributed by atoms with Crippen LogP contribution in [-0.4, -0.2) is 13.8 Å². The van der Waals surface area contributed by atoms with Crippen molar-refractivity contribution >= 4 is 31.1 Å². The Hall–Kier alpha value is -2.03. The van der Waals surface area contributed by atoms with Crippen LogP contribution in [0, 0.1) is 11.5 Å². The summed E-state index contributed by atoms with van der Waals surface area (Å²) in [6.07, 6.45) is -4.37. The van der Waals surface area contributed by atoms with E-state index in [2.05, 4.69) is 36.1 Å². The summed E-state index contributed by atoms with van der Waals surface area (Å²) in [5.41, 5.74) is 4.15. The third-order valence-corrected chi connectivity index (χ3v) is 4.24. The van der Waals surface area contributed by atoms with Gasteiger partial charge in [-0.1, -0.05) is 49.3 Å². The molecular weight excluding hydrogens is 363 g/mol. The van der Waals surface area contributed by atoms with Gasteiger partial charge in [0.1, 0.15) is 13.8 Å². The lowest BCUT2D eigenvalue weighted by Gasteiger charge is -2.08. The smallest absolute Gasteiger partial charge is 0.239 e. The molecule has 0 N–H and O–H groups in total. The number of hydrogen-bond acceptors (Lipinski definition) is 1. The molecule has 0 aromatic heterocycles. The molecule has 0 heterocycles. The van der Waals surface area contributed by atoms with E-state index < -0.39 is 19.8 Å². The Labute approximate surface area is 151 Å². The molecule has 2 rings (SSSR count). The van der Waals surface area contributed by atoms with Crippen LogP contribution in [-0.2, 0) is 6.18 Å². The van der Waals surface area contributed by atoms with Crippen LogP contribution in [0.5, 0.6) is 0 Å². The van der Waals surface area contributed by atoms with Crippen LogP contribution < -0.4 is 0 Å². The van der Waals surface area contributed by atoms with Gasteiger partial charge in [-0.05, 0) is 36.4 Å². The predicted molar refractivity (Wildman–Crippen MR) is 100 cm³/mol. The largest absolute Gasteiger partial charge is 0.416 e. The van der Waals surface area contributed by atoms with Crippen molar-refractivity contribution in [3.05, 3.63) is 64.7 Å². The maximum Gasteiger partial charge on any atom is 0.416 e. The zero-order valence-electron chi connectivity index (χ0n) is 14.1. The van der Waals surface area contributed by atoms with Crippen LogP contribution >= 0.6 is 11.6 Å². The van der Waals surface area contributed by atoms with Crippen molar-refractivity contribution in [3.63, 3.8) is 0 Å². The highest BCUT2D eigenvalue weighted by Gasteiger charge is 2.30.